The first kappa shape index (κ1) is 22.5. The maximum atomic E-state index is 15.9. The number of benzene rings is 3. The van der Waals surface area contributed by atoms with Gasteiger partial charge in [-0.3, -0.25) is 0 Å². The number of hydrogen-bond acceptors (Lipinski definition) is 1. The first-order chi connectivity index (χ1) is 15.2. The third-order valence-corrected chi connectivity index (χ3v) is 7.43. The average molecular weight is 452 g/mol. The second-order valence-corrected chi connectivity index (χ2v) is 9.42. The predicted molar refractivity (Wildman–Crippen MR) is 130 cm³/mol. The summed E-state index contributed by atoms with van der Waals surface area (Å²) >= 11 is 6.58. The van der Waals surface area contributed by atoms with Crippen molar-refractivity contribution < 1.29 is 8.78 Å². The Morgan fingerprint density at radius 2 is 1.84 bits per heavy atom. The summed E-state index contributed by atoms with van der Waals surface area (Å²) in [5.74, 6) is -0.953. The fraction of sp³-hybridized carbons (Fsp3) is 0.286. The third-order valence-electron chi connectivity index (χ3n) is 7.06. The molecule has 0 aromatic heterocycles. The van der Waals surface area contributed by atoms with Crippen molar-refractivity contribution in [2.75, 3.05) is 0 Å². The van der Waals surface area contributed by atoms with Crippen molar-refractivity contribution in [3.63, 3.8) is 0 Å². The zero-order valence-corrected chi connectivity index (χ0v) is 19.5. The molecule has 4 heteroatoms. The molecule has 3 aromatic rings. The molecule has 4 rings (SSSR count). The van der Waals surface area contributed by atoms with Crippen LogP contribution in [0.1, 0.15) is 60.9 Å². The number of hydrogen-bond donors (Lipinski definition) is 1. The molecule has 0 amide bonds. The molecule has 1 aliphatic carbocycles. The minimum absolute atomic E-state index is 0.0129. The van der Waals surface area contributed by atoms with E-state index in [9.17, 15) is 0 Å². The van der Waals surface area contributed by atoms with Crippen molar-refractivity contribution >= 4 is 17.3 Å². The van der Waals surface area contributed by atoms with E-state index < -0.39 is 11.6 Å². The first-order valence-electron chi connectivity index (χ1n) is 11.0. The smallest absolute Gasteiger partial charge is 0.142 e. The number of fused-ring (bicyclic) bond motifs is 1. The molecular weight excluding hydrogens is 424 g/mol. The second-order valence-electron chi connectivity index (χ2n) is 9.04. The van der Waals surface area contributed by atoms with E-state index >= 15 is 8.78 Å². The molecule has 0 spiro atoms. The van der Waals surface area contributed by atoms with Gasteiger partial charge in [-0.2, -0.15) is 0 Å². The van der Waals surface area contributed by atoms with Crippen LogP contribution in [0.3, 0.4) is 0 Å². The molecule has 0 aliphatic heterocycles. The van der Waals surface area contributed by atoms with Crippen LogP contribution in [0.25, 0.3) is 16.8 Å². The number of aryl methyl sites for hydroxylation is 1. The monoisotopic (exact) mass is 451 g/mol. The molecule has 3 aromatic carbocycles. The Bertz CT molecular complexity index is 1200. The highest BCUT2D eigenvalue weighted by molar-refractivity contribution is 6.34. The molecule has 0 saturated carbocycles. The van der Waals surface area contributed by atoms with Crippen LogP contribution in [-0.4, -0.2) is 0 Å². The van der Waals surface area contributed by atoms with Crippen molar-refractivity contribution in [3.8, 4) is 11.1 Å². The number of nitrogens with two attached hydrogens (primary N) is 1. The Labute approximate surface area is 193 Å². The predicted octanol–water partition coefficient (Wildman–Crippen LogP) is 7.78. The van der Waals surface area contributed by atoms with E-state index in [2.05, 4.69) is 32.6 Å². The highest BCUT2D eigenvalue weighted by Gasteiger charge is 2.44. The van der Waals surface area contributed by atoms with Crippen LogP contribution in [0.4, 0.5) is 8.78 Å². The van der Waals surface area contributed by atoms with E-state index in [1.807, 2.05) is 25.1 Å². The van der Waals surface area contributed by atoms with E-state index in [0.717, 1.165) is 23.1 Å². The number of rotatable bonds is 5. The molecule has 1 unspecified atom stereocenters. The largest absolute Gasteiger partial charge is 0.399 e. The summed E-state index contributed by atoms with van der Waals surface area (Å²) in [4.78, 5) is 0. The lowest BCUT2D eigenvalue weighted by Crippen LogP contribution is -2.25. The molecule has 166 valence electrons. The summed E-state index contributed by atoms with van der Waals surface area (Å²) < 4.78 is 31.0. The highest BCUT2D eigenvalue weighted by atomic mass is 35.5. The molecule has 1 aliphatic rings. The maximum Gasteiger partial charge on any atom is 0.142 e. The van der Waals surface area contributed by atoms with Crippen LogP contribution in [0, 0.1) is 11.6 Å². The SMILES string of the molecule is C=C(N)c1ccc(CCC)c(F)c1-c1c(Cl)c(F)cc2c1[C@H](C)C(C)(c1ccccc1)C2. The van der Waals surface area contributed by atoms with Crippen molar-refractivity contribution in [3.05, 3.63) is 99.6 Å². The van der Waals surface area contributed by atoms with Gasteiger partial charge in [0.25, 0.3) is 0 Å². The first-order valence-corrected chi connectivity index (χ1v) is 11.4. The second kappa shape index (κ2) is 8.37. The van der Waals surface area contributed by atoms with Crippen molar-refractivity contribution in [2.24, 2.45) is 5.73 Å². The van der Waals surface area contributed by atoms with Gasteiger partial charge in [-0.1, -0.05) is 87.8 Å². The molecule has 32 heavy (non-hydrogen) atoms. The minimum atomic E-state index is -0.543. The van der Waals surface area contributed by atoms with Gasteiger partial charge in [-0.05, 0) is 47.1 Å². The average Bonchev–Trinajstić information content (AvgIpc) is 3.02. The summed E-state index contributed by atoms with van der Waals surface area (Å²) in [5.41, 5.74) is 10.6. The highest BCUT2D eigenvalue weighted by Crippen LogP contribution is 2.54. The summed E-state index contributed by atoms with van der Waals surface area (Å²) in [7, 11) is 0. The Morgan fingerprint density at radius 3 is 2.47 bits per heavy atom. The summed E-state index contributed by atoms with van der Waals surface area (Å²) in [6, 6.07) is 15.2. The molecule has 0 radical (unpaired) electrons. The van der Waals surface area contributed by atoms with Crippen molar-refractivity contribution in [1.29, 1.82) is 0 Å². The molecule has 0 saturated heterocycles. The van der Waals surface area contributed by atoms with Gasteiger partial charge >= 0.3 is 0 Å². The molecule has 0 bridgehead atoms. The molecule has 2 atom stereocenters. The lowest BCUT2D eigenvalue weighted by atomic mass is 9.72. The molecule has 0 fully saturated rings. The van der Waals surface area contributed by atoms with Gasteiger partial charge in [0, 0.05) is 27.8 Å². The topological polar surface area (TPSA) is 26.0 Å². The Hall–Kier alpha value is -2.65. The van der Waals surface area contributed by atoms with Gasteiger partial charge < -0.3 is 5.73 Å². The molecule has 1 nitrogen and oxygen atoms in total. The summed E-state index contributed by atoms with van der Waals surface area (Å²) in [6.07, 6.45) is 2.00. The fourth-order valence-electron chi connectivity index (χ4n) is 5.21. The normalized spacial score (nSPS) is 19.8. The van der Waals surface area contributed by atoms with Crippen LogP contribution in [0.2, 0.25) is 5.02 Å². The Morgan fingerprint density at radius 1 is 1.16 bits per heavy atom. The Balaban J connectivity index is 2.03. The maximum absolute atomic E-state index is 15.9. The zero-order chi connectivity index (χ0) is 23.2. The van der Waals surface area contributed by atoms with Crippen LogP contribution in [0.5, 0.6) is 0 Å². The van der Waals surface area contributed by atoms with Crippen molar-refractivity contribution in [2.45, 2.75) is 51.4 Å². The van der Waals surface area contributed by atoms with E-state index in [-0.39, 0.29) is 27.6 Å². The van der Waals surface area contributed by atoms with Gasteiger partial charge in [0.05, 0.1) is 5.02 Å². The van der Waals surface area contributed by atoms with Gasteiger partial charge in [-0.25, -0.2) is 8.78 Å². The van der Waals surface area contributed by atoms with Crippen LogP contribution in [-0.2, 0) is 18.3 Å². The van der Waals surface area contributed by atoms with Crippen LogP contribution < -0.4 is 5.73 Å². The molecule has 2 N–H and O–H groups in total. The van der Waals surface area contributed by atoms with E-state index in [1.165, 1.54) is 6.07 Å². The van der Waals surface area contributed by atoms with Crippen LogP contribution >= 0.6 is 11.6 Å². The standard InChI is InChI=1S/C28H28ClF2N/c1-5-9-18-12-13-21(17(3)32)24(27(18)31)25-23-16(2)28(4,20-10-7-6-8-11-20)15-19(23)14-22(30)26(25)29/h6-8,10-14,16H,3,5,9,15,32H2,1-2,4H3/t16-,28?/m0/s1. The van der Waals surface area contributed by atoms with Crippen molar-refractivity contribution in [1.82, 2.24) is 0 Å². The summed E-state index contributed by atoms with van der Waals surface area (Å²) in [6.45, 7) is 10.1. The summed E-state index contributed by atoms with van der Waals surface area (Å²) in [5, 5.41) is -0.0667. The fourth-order valence-corrected chi connectivity index (χ4v) is 5.46. The minimum Gasteiger partial charge on any atom is -0.399 e. The lowest BCUT2D eigenvalue weighted by Gasteiger charge is -2.31. The van der Waals surface area contributed by atoms with Gasteiger partial charge in [0.1, 0.15) is 11.6 Å². The van der Waals surface area contributed by atoms with Gasteiger partial charge in [0.15, 0.2) is 0 Å². The third kappa shape index (κ3) is 3.44. The molecule has 0 heterocycles. The lowest BCUT2D eigenvalue weighted by molar-refractivity contribution is 0.430. The van der Waals surface area contributed by atoms with E-state index in [4.69, 9.17) is 17.3 Å². The zero-order valence-electron chi connectivity index (χ0n) is 18.7. The van der Waals surface area contributed by atoms with E-state index in [1.54, 1.807) is 12.1 Å². The van der Waals surface area contributed by atoms with Gasteiger partial charge in [-0.15, -0.1) is 0 Å². The quantitative estimate of drug-likeness (QED) is 0.421. The Kier molecular flexibility index (Phi) is 5.89. The number of halogens is 3. The van der Waals surface area contributed by atoms with Gasteiger partial charge in [0.2, 0.25) is 0 Å². The molecular formula is C28H28ClF2N. The van der Waals surface area contributed by atoms with E-state index in [0.29, 0.717) is 29.5 Å². The van der Waals surface area contributed by atoms with Crippen LogP contribution in [0.15, 0.2) is 55.1 Å².